The van der Waals surface area contributed by atoms with Crippen molar-refractivity contribution in [1.82, 2.24) is 9.97 Å². The van der Waals surface area contributed by atoms with Gasteiger partial charge in [0.2, 0.25) is 0 Å². The molecule has 0 saturated heterocycles. The van der Waals surface area contributed by atoms with Gasteiger partial charge < -0.3 is 5.32 Å². The number of nitrogens with zero attached hydrogens (tertiary/aromatic N) is 2. The molecular formula is C16H19BrClN3. The van der Waals surface area contributed by atoms with Crippen molar-refractivity contribution in [2.45, 2.75) is 39.7 Å². The SMILES string of the molecule is Cc1c(Cl)nc(C(C)(C)C)nc1NCc1ccc(Br)cc1. The van der Waals surface area contributed by atoms with Crippen molar-refractivity contribution in [2.75, 3.05) is 5.32 Å². The van der Waals surface area contributed by atoms with Gasteiger partial charge in [-0.15, -0.1) is 0 Å². The first-order chi connectivity index (χ1) is 9.77. The van der Waals surface area contributed by atoms with Crippen LogP contribution in [0.25, 0.3) is 0 Å². The molecule has 0 unspecified atom stereocenters. The topological polar surface area (TPSA) is 37.8 Å². The number of hydrogen-bond acceptors (Lipinski definition) is 3. The van der Waals surface area contributed by atoms with Gasteiger partial charge >= 0.3 is 0 Å². The number of aromatic nitrogens is 2. The molecule has 2 aromatic rings. The first-order valence-electron chi connectivity index (χ1n) is 6.80. The Morgan fingerprint density at radius 1 is 1.14 bits per heavy atom. The van der Waals surface area contributed by atoms with Crippen LogP contribution in [-0.2, 0) is 12.0 Å². The zero-order valence-corrected chi connectivity index (χ0v) is 15.0. The molecule has 1 heterocycles. The molecule has 0 aliphatic heterocycles. The van der Waals surface area contributed by atoms with E-state index in [2.05, 4.69) is 64.1 Å². The molecule has 0 atom stereocenters. The zero-order valence-electron chi connectivity index (χ0n) is 12.7. The Bertz CT molecular complexity index is 633. The quantitative estimate of drug-likeness (QED) is 0.765. The number of anilines is 1. The molecule has 5 heteroatoms. The van der Waals surface area contributed by atoms with Gasteiger partial charge in [-0.3, -0.25) is 0 Å². The van der Waals surface area contributed by atoms with Gasteiger partial charge in [0.05, 0.1) is 0 Å². The summed E-state index contributed by atoms with van der Waals surface area (Å²) in [5, 5.41) is 3.86. The Kier molecular flexibility index (Phi) is 4.89. The van der Waals surface area contributed by atoms with Gasteiger partial charge in [-0.25, -0.2) is 9.97 Å². The maximum atomic E-state index is 6.23. The fraction of sp³-hybridized carbons (Fsp3) is 0.375. The standard InChI is InChI=1S/C16H19BrClN3/c1-10-13(18)20-15(16(2,3)4)21-14(10)19-9-11-5-7-12(17)8-6-11/h5-8H,9H2,1-4H3,(H,19,20,21). The van der Waals surface area contributed by atoms with E-state index in [0.717, 1.165) is 21.7 Å². The van der Waals surface area contributed by atoms with Gasteiger partial charge in [-0.2, -0.15) is 0 Å². The van der Waals surface area contributed by atoms with E-state index >= 15 is 0 Å². The molecule has 1 N–H and O–H groups in total. The molecule has 0 bridgehead atoms. The first kappa shape index (κ1) is 16.2. The summed E-state index contributed by atoms with van der Waals surface area (Å²) >= 11 is 9.67. The highest BCUT2D eigenvalue weighted by Crippen LogP contribution is 2.26. The summed E-state index contributed by atoms with van der Waals surface area (Å²) in [5.41, 5.74) is 1.93. The van der Waals surface area contributed by atoms with E-state index in [1.165, 1.54) is 5.56 Å². The van der Waals surface area contributed by atoms with Crippen LogP contribution in [0.15, 0.2) is 28.7 Å². The van der Waals surface area contributed by atoms with Gasteiger partial charge in [0.25, 0.3) is 0 Å². The lowest BCUT2D eigenvalue weighted by Gasteiger charge is -2.19. The van der Waals surface area contributed by atoms with Crippen molar-refractivity contribution >= 4 is 33.3 Å². The second-order valence-electron chi connectivity index (χ2n) is 6.04. The van der Waals surface area contributed by atoms with Crippen LogP contribution in [0.5, 0.6) is 0 Å². The van der Waals surface area contributed by atoms with E-state index in [4.69, 9.17) is 11.6 Å². The molecule has 3 nitrogen and oxygen atoms in total. The largest absolute Gasteiger partial charge is 0.366 e. The van der Waals surface area contributed by atoms with E-state index in [1.54, 1.807) is 0 Å². The minimum atomic E-state index is -0.134. The Balaban J connectivity index is 2.23. The summed E-state index contributed by atoms with van der Waals surface area (Å²) in [4.78, 5) is 9.00. The van der Waals surface area contributed by atoms with Crippen LogP contribution >= 0.6 is 27.5 Å². The molecule has 0 spiro atoms. The van der Waals surface area contributed by atoms with Crippen molar-refractivity contribution in [3.05, 3.63) is 50.8 Å². The van der Waals surface area contributed by atoms with E-state index in [-0.39, 0.29) is 5.41 Å². The Hall–Kier alpha value is -1.13. The van der Waals surface area contributed by atoms with E-state index in [9.17, 15) is 0 Å². The van der Waals surface area contributed by atoms with Crippen molar-refractivity contribution in [2.24, 2.45) is 0 Å². The van der Waals surface area contributed by atoms with Crippen LogP contribution in [0.2, 0.25) is 5.15 Å². The normalized spacial score (nSPS) is 11.5. The predicted octanol–water partition coefficient (Wildman–Crippen LogP) is 5.11. The Labute approximate surface area is 139 Å². The molecule has 0 aliphatic carbocycles. The molecule has 0 saturated carbocycles. The molecule has 0 fully saturated rings. The first-order valence-corrected chi connectivity index (χ1v) is 7.97. The Morgan fingerprint density at radius 3 is 2.33 bits per heavy atom. The number of benzene rings is 1. The maximum absolute atomic E-state index is 6.23. The molecule has 1 aromatic carbocycles. The van der Waals surface area contributed by atoms with Crippen LogP contribution in [0.3, 0.4) is 0 Å². The smallest absolute Gasteiger partial charge is 0.137 e. The second-order valence-corrected chi connectivity index (χ2v) is 7.32. The fourth-order valence-electron chi connectivity index (χ4n) is 1.78. The van der Waals surface area contributed by atoms with Crippen LogP contribution in [0, 0.1) is 6.92 Å². The molecule has 2 rings (SSSR count). The van der Waals surface area contributed by atoms with E-state index in [0.29, 0.717) is 11.7 Å². The van der Waals surface area contributed by atoms with E-state index < -0.39 is 0 Å². The lowest BCUT2D eigenvalue weighted by molar-refractivity contribution is 0.545. The van der Waals surface area contributed by atoms with Gasteiger partial charge in [-0.1, -0.05) is 60.4 Å². The average Bonchev–Trinajstić information content (AvgIpc) is 2.41. The van der Waals surface area contributed by atoms with Gasteiger partial charge in [-0.05, 0) is 24.6 Å². The average molecular weight is 369 g/mol. The molecule has 112 valence electrons. The third kappa shape index (κ3) is 4.17. The van der Waals surface area contributed by atoms with Crippen molar-refractivity contribution in [1.29, 1.82) is 0 Å². The summed E-state index contributed by atoms with van der Waals surface area (Å²) < 4.78 is 1.07. The van der Waals surface area contributed by atoms with Gasteiger partial charge in [0.15, 0.2) is 0 Å². The Morgan fingerprint density at radius 2 is 1.76 bits per heavy atom. The third-order valence-corrected chi connectivity index (χ3v) is 4.03. The monoisotopic (exact) mass is 367 g/mol. The summed E-state index contributed by atoms with van der Waals surface area (Å²) in [5.74, 6) is 1.54. The highest BCUT2D eigenvalue weighted by atomic mass is 79.9. The molecule has 0 amide bonds. The molecule has 0 radical (unpaired) electrons. The lowest BCUT2D eigenvalue weighted by Crippen LogP contribution is -2.18. The summed E-state index contributed by atoms with van der Waals surface area (Å²) in [7, 11) is 0. The third-order valence-electron chi connectivity index (χ3n) is 3.13. The number of rotatable bonds is 3. The predicted molar refractivity (Wildman–Crippen MR) is 91.9 cm³/mol. The number of nitrogens with one attached hydrogen (secondary N) is 1. The lowest BCUT2D eigenvalue weighted by atomic mass is 9.95. The zero-order chi connectivity index (χ0) is 15.6. The van der Waals surface area contributed by atoms with Crippen LogP contribution in [-0.4, -0.2) is 9.97 Å². The number of halogens is 2. The maximum Gasteiger partial charge on any atom is 0.137 e. The highest BCUT2D eigenvalue weighted by molar-refractivity contribution is 9.10. The van der Waals surface area contributed by atoms with Gasteiger partial charge in [0.1, 0.15) is 16.8 Å². The molecule has 21 heavy (non-hydrogen) atoms. The van der Waals surface area contributed by atoms with Crippen LogP contribution in [0.1, 0.15) is 37.7 Å². The van der Waals surface area contributed by atoms with Crippen LogP contribution in [0.4, 0.5) is 5.82 Å². The molecule has 0 aliphatic rings. The summed E-state index contributed by atoms with van der Waals surface area (Å²) in [6.45, 7) is 8.86. The number of hydrogen-bond donors (Lipinski definition) is 1. The van der Waals surface area contributed by atoms with Crippen LogP contribution < -0.4 is 5.32 Å². The van der Waals surface area contributed by atoms with Crippen molar-refractivity contribution in [3.8, 4) is 0 Å². The minimum absolute atomic E-state index is 0.134. The minimum Gasteiger partial charge on any atom is -0.366 e. The van der Waals surface area contributed by atoms with E-state index in [1.807, 2.05) is 19.1 Å². The van der Waals surface area contributed by atoms with Crippen molar-refractivity contribution in [3.63, 3.8) is 0 Å². The highest BCUT2D eigenvalue weighted by Gasteiger charge is 2.20. The summed E-state index contributed by atoms with van der Waals surface area (Å²) in [6, 6.07) is 8.19. The molecule has 1 aromatic heterocycles. The van der Waals surface area contributed by atoms with Gasteiger partial charge in [0, 0.05) is 22.0 Å². The summed E-state index contributed by atoms with van der Waals surface area (Å²) in [6.07, 6.45) is 0. The van der Waals surface area contributed by atoms with Crippen molar-refractivity contribution < 1.29 is 0 Å². The molecular weight excluding hydrogens is 350 g/mol. The fourth-order valence-corrected chi connectivity index (χ4v) is 2.22. The second kappa shape index (κ2) is 6.32.